The second-order valence-corrected chi connectivity index (χ2v) is 10.3. The molecule has 0 saturated carbocycles. The van der Waals surface area contributed by atoms with Crippen molar-refractivity contribution in [2.24, 2.45) is 0 Å². The summed E-state index contributed by atoms with van der Waals surface area (Å²) >= 11 is 1.25. The third-order valence-corrected chi connectivity index (χ3v) is 8.92. The zero-order valence-corrected chi connectivity index (χ0v) is 17.3. The van der Waals surface area contributed by atoms with Crippen LogP contribution in [0.1, 0.15) is 39.5 Å². The molecule has 0 aromatic carbocycles. The molecule has 0 spiro atoms. The van der Waals surface area contributed by atoms with Crippen LogP contribution in [0.3, 0.4) is 0 Å². The third-order valence-electron chi connectivity index (χ3n) is 5.65. The van der Waals surface area contributed by atoms with Crippen molar-refractivity contribution < 1.29 is 13.2 Å². The molecule has 1 amide bonds. The summed E-state index contributed by atoms with van der Waals surface area (Å²) in [5.74, 6) is 0.200. The van der Waals surface area contributed by atoms with Crippen molar-refractivity contribution in [3.05, 3.63) is 17.5 Å². The van der Waals surface area contributed by atoms with E-state index in [1.165, 1.54) is 17.8 Å². The summed E-state index contributed by atoms with van der Waals surface area (Å²) in [6.07, 6.45) is 4.39. The first-order valence-corrected chi connectivity index (χ1v) is 11.8. The molecule has 2 saturated heterocycles. The maximum atomic E-state index is 13.0. The van der Waals surface area contributed by atoms with Gasteiger partial charge in [-0.1, -0.05) is 13.0 Å². The van der Waals surface area contributed by atoms with Crippen LogP contribution in [0.25, 0.3) is 0 Å². The first-order chi connectivity index (χ1) is 12.4. The lowest BCUT2D eigenvalue weighted by Gasteiger charge is -2.41. The van der Waals surface area contributed by atoms with Crippen LogP contribution in [-0.4, -0.2) is 73.2 Å². The Kier molecular flexibility index (Phi) is 6.37. The average Bonchev–Trinajstić information content (AvgIpc) is 3.22. The van der Waals surface area contributed by atoms with Gasteiger partial charge in [-0.3, -0.25) is 9.69 Å². The van der Waals surface area contributed by atoms with Gasteiger partial charge in [0.2, 0.25) is 5.91 Å². The van der Waals surface area contributed by atoms with Gasteiger partial charge in [0.15, 0.2) is 0 Å². The maximum absolute atomic E-state index is 13.0. The minimum atomic E-state index is -3.39. The van der Waals surface area contributed by atoms with Crippen molar-refractivity contribution in [1.29, 1.82) is 0 Å². The summed E-state index contributed by atoms with van der Waals surface area (Å²) in [6.45, 7) is 7.05. The predicted molar refractivity (Wildman–Crippen MR) is 104 cm³/mol. The molecule has 2 fully saturated rings. The SMILES string of the molecule is CC[C@H]1CCCCN1C(=O)[C@H](C)N1CCN(S(=O)(=O)c2cccs2)CC1. The second-order valence-electron chi connectivity index (χ2n) is 7.14. The second kappa shape index (κ2) is 8.37. The van der Waals surface area contributed by atoms with E-state index in [4.69, 9.17) is 0 Å². The Hall–Kier alpha value is -0.960. The van der Waals surface area contributed by atoms with E-state index in [2.05, 4.69) is 16.7 Å². The largest absolute Gasteiger partial charge is 0.338 e. The molecule has 2 aliphatic heterocycles. The fraction of sp³-hybridized carbons (Fsp3) is 0.722. The number of carbonyl (C=O) groups is 1. The summed E-state index contributed by atoms with van der Waals surface area (Å²) in [4.78, 5) is 17.2. The zero-order chi connectivity index (χ0) is 18.7. The van der Waals surface area contributed by atoms with Gasteiger partial charge in [-0.2, -0.15) is 4.31 Å². The van der Waals surface area contributed by atoms with E-state index in [9.17, 15) is 13.2 Å². The van der Waals surface area contributed by atoms with Crippen LogP contribution in [0.4, 0.5) is 0 Å². The Morgan fingerprint density at radius 3 is 2.58 bits per heavy atom. The number of hydrogen-bond acceptors (Lipinski definition) is 5. The lowest BCUT2D eigenvalue weighted by molar-refractivity contribution is -0.140. The molecule has 0 unspecified atom stereocenters. The Labute approximate surface area is 160 Å². The van der Waals surface area contributed by atoms with E-state index in [0.717, 1.165) is 25.8 Å². The standard InChI is InChI=1S/C18H29N3O3S2/c1-3-16-7-4-5-9-21(16)18(22)15(2)19-10-12-20(13-11-19)26(23,24)17-8-6-14-25-17/h6,8,14-16H,3-5,7,9-13H2,1-2H3/t15-,16-/m0/s1. The molecule has 3 heterocycles. The molecular formula is C18H29N3O3S2. The van der Waals surface area contributed by atoms with Crippen molar-refractivity contribution in [3.63, 3.8) is 0 Å². The predicted octanol–water partition coefficient (Wildman–Crippen LogP) is 2.23. The molecule has 0 radical (unpaired) electrons. The molecule has 2 atom stereocenters. The number of carbonyl (C=O) groups excluding carboxylic acids is 1. The molecule has 6 nitrogen and oxygen atoms in total. The maximum Gasteiger partial charge on any atom is 0.252 e. The number of piperazine rings is 1. The highest BCUT2D eigenvalue weighted by Crippen LogP contribution is 2.24. The summed E-state index contributed by atoms with van der Waals surface area (Å²) in [5, 5.41) is 1.78. The molecule has 146 valence electrons. The van der Waals surface area contributed by atoms with Gasteiger partial charge < -0.3 is 4.90 Å². The van der Waals surface area contributed by atoms with Crippen molar-refractivity contribution in [2.75, 3.05) is 32.7 Å². The molecule has 26 heavy (non-hydrogen) atoms. The van der Waals surface area contributed by atoms with Crippen LogP contribution in [-0.2, 0) is 14.8 Å². The summed E-state index contributed by atoms with van der Waals surface area (Å²) < 4.78 is 27.2. The van der Waals surface area contributed by atoms with Gasteiger partial charge in [-0.05, 0) is 44.1 Å². The van der Waals surface area contributed by atoms with Crippen LogP contribution in [0, 0.1) is 0 Å². The number of nitrogens with zero attached hydrogens (tertiary/aromatic N) is 3. The number of piperidine rings is 1. The highest BCUT2D eigenvalue weighted by atomic mass is 32.2. The molecule has 0 aliphatic carbocycles. The van der Waals surface area contributed by atoms with Gasteiger partial charge in [0.05, 0.1) is 6.04 Å². The summed E-state index contributed by atoms with van der Waals surface area (Å²) in [7, 11) is -3.39. The van der Waals surface area contributed by atoms with Crippen LogP contribution >= 0.6 is 11.3 Å². The van der Waals surface area contributed by atoms with Gasteiger partial charge in [0.1, 0.15) is 4.21 Å². The van der Waals surface area contributed by atoms with Crippen molar-refractivity contribution in [3.8, 4) is 0 Å². The van der Waals surface area contributed by atoms with E-state index in [1.807, 2.05) is 6.92 Å². The fourth-order valence-corrected chi connectivity index (χ4v) is 6.55. The lowest BCUT2D eigenvalue weighted by atomic mass is 9.99. The number of sulfonamides is 1. The zero-order valence-electron chi connectivity index (χ0n) is 15.6. The quantitative estimate of drug-likeness (QED) is 0.762. The molecule has 8 heteroatoms. The van der Waals surface area contributed by atoms with Gasteiger partial charge in [0, 0.05) is 38.8 Å². The Balaban J connectivity index is 1.60. The lowest BCUT2D eigenvalue weighted by Crippen LogP contribution is -2.57. The van der Waals surface area contributed by atoms with E-state index in [1.54, 1.807) is 21.8 Å². The first kappa shape index (κ1) is 19.8. The molecule has 1 aromatic rings. The third kappa shape index (κ3) is 3.98. The minimum Gasteiger partial charge on any atom is -0.338 e. The van der Waals surface area contributed by atoms with Crippen molar-refractivity contribution in [1.82, 2.24) is 14.1 Å². The Bertz CT molecular complexity index is 697. The number of rotatable bonds is 5. The van der Waals surface area contributed by atoms with Crippen molar-refractivity contribution in [2.45, 2.75) is 55.8 Å². The number of likely N-dealkylation sites (tertiary alicyclic amines) is 1. The normalized spacial score (nSPS) is 24.5. The highest BCUT2D eigenvalue weighted by molar-refractivity contribution is 7.91. The van der Waals surface area contributed by atoms with E-state index >= 15 is 0 Å². The minimum absolute atomic E-state index is 0.186. The molecule has 0 bridgehead atoms. The number of thiophene rings is 1. The molecule has 3 rings (SSSR count). The Morgan fingerprint density at radius 1 is 1.23 bits per heavy atom. The Morgan fingerprint density at radius 2 is 1.96 bits per heavy atom. The average molecular weight is 400 g/mol. The number of amides is 1. The fourth-order valence-electron chi connectivity index (χ4n) is 3.98. The molecule has 0 N–H and O–H groups in total. The first-order valence-electron chi connectivity index (χ1n) is 9.53. The summed E-state index contributed by atoms with van der Waals surface area (Å²) in [6, 6.07) is 3.59. The molecule has 2 aliphatic rings. The van der Waals surface area contributed by atoms with Crippen LogP contribution < -0.4 is 0 Å². The van der Waals surface area contributed by atoms with Crippen molar-refractivity contribution >= 4 is 27.3 Å². The van der Waals surface area contributed by atoms with E-state index < -0.39 is 10.0 Å². The topological polar surface area (TPSA) is 60.9 Å². The highest BCUT2D eigenvalue weighted by Gasteiger charge is 2.35. The number of hydrogen-bond donors (Lipinski definition) is 0. The molecule has 1 aromatic heterocycles. The smallest absolute Gasteiger partial charge is 0.252 e. The van der Waals surface area contributed by atoms with Crippen LogP contribution in [0.5, 0.6) is 0 Å². The van der Waals surface area contributed by atoms with Crippen LogP contribution in [0.15, 0.2) is 21.7 Å². The van der Waals surface area contributed by atoms with Gasteiger partial charge in [-0.25, -0.2) is 8.42 Å². The van der Waals surface area contributed by atoms with E-state index in [-0.39, 0.29) is 11.9 Å². The van der Waals surface area contributed by atoms with Gasteiger partial charge >= 0.3 is 0 Å². The van der Waals surface area contributed by atoms with E-state index in [0.29, 0.717) is 36.4 Å². The monoisotopic (exact) mass is 399 g/mol. The van der Waals surface area contributed by atoms with Gasteiger partial charge in [-0.15, -0.1) is 11.3 Å². The van der Waals surface area contributed by atoms with Crippen LogP contribution in [0.2, 0.25) is 0 Å². The van der Waals surface area contributed by atoms with Gasteiger partial charge in [0.25, 0.3) is 10.0 Å². The summed E-state index contributed by atoms with van der Waals surface area (Å²) in [5.41, 5.74) is 0. The molecular weight excluding hydrogens is 370 g/mol.